The molecule has 1 aliphatic heterocycles. The molecule has 0 amide bonds. The first-order valence-electron chi connectivity index (χ1n) is 7.87. The number of hydrogen-bond acceptors (Lipinski definition) is 2. The summed E-state index contributed by atoms with van der Waals surface area (Å²) in [5, 5.41) is 3.72. The largest absolute Gasteiger partial charge is 0.382 e. The highest BCUT2D eigenvalue weighted by Crippen LogP contribution is 2.27. The summed E-state index contributed by atoms with van der Waals surface area (Å²) in [6, 6.07) is 9.72. The number of nitrogens with zero attached hydrogens (tertiary/aromatic N) is 1. The average Bonchev–Trinajstić information content (AvgIpc) is 3.02. The number of benzene rings is 1. The van der Waals surface area contributed by atoms with Crippen LogP contribution in [0.1, 0.15) is 44.6 Å². The molecule has 2 heteroatoms. The Labute approximate surface area is 117 Å². The van der Waals surface area contributed by atoms with Crippen LogP contribution in [-0.2, 0) is 6.54 Å². The van der Waals surface area contributed by atoms with Gasteiger partial charge in [0.2, 0.25) is 0 Å². The maximum Gasteiger partial charge on any atom is 0.0345 e. The highest BCUT2D eigenvalue weighted by molar-refractivity contribution is 5.46. The second-order valence-electron chi connectivity index (χ2n) is 6.44. The van der Waals surface area contributed by atoms with Crippen molar-refractivity contribution in [3.63, 3.8) is 0 Å². The molecule has 0 radical (unpaired) electrons. The molecule has 19 heavy (non-hydrogen) atoms. The smallest absolute Gasteiger partial charge is 0.0345 e. The molecule has 1 aromatic rings. The number of hydrogen-bond donors (Lipinski definition) is 1. The molecule has 1 aliphatic carbocycles. The van der Waals surface area contributed by atoms with E-state index >= 15 is 0 Å². The van der Waals surface area contributed by atoms with Crippen LogP contribution in [0, 0.1) is 5.92 Å². The van der Waals surface area contributed by atoms with Crippen LogP contribution >= 0.6 is 0 Å². The maximum absolute atomic E-state index is 3.72. The standard InChI is InChI=1S/C17H26N2/c1-14-7-8-17(11-14)18-16-6-4-5-15(12-16)13-19-9-2-3-10-19/h4-6,12,14,17-18H,2-3,7-11,13H2,1H3. The predicted octanol–water partition coefficient (Wildman–Crippen LogP) is 3.88. The summed E-state index contributed by atoms with van der Waals surface area (Å²) < 4.78 is 0. The molecular weight excluding hydrogens is 232 g/mol. The van der Waals surface area contributed by atoms with E-state index in [9.17, 15) is 0 Å². The van der Waals surface area contributed by atoms with Crippen LogP contribution < -0.4 is 5.32 Å². The van der Waals surface area contributed by atoms with E-state index in [1.165, 1.54) is 56.4 Å². The summed E-state index contributed by atoms with van der Waals surface area (Å²) in [6.45, 7) is 6.04. The van der Waals surface area contributed by atoms with Gasteiger partial charge in [-0.1, -0.05) is 19.1 Å². The topological polar surface area (TPSA) is 15.3 Å². The van der Waals surface area contributed by atoms with Crippen molar-refractivity contribution in [2.24, 2.45) is 5.92 Å². The van der Waals surface area contributed by atoms with Crippen LogP contribution in [0.3, 0.4) is 0 Å². The minimum Gasteiger partial charge on any atom is -0.382 e. The van der Waals surface area contributed by atoms with E-state index < -0.39 is 0 Å². The molecule has 2 aliphatic rings. The third-order valence-corrected chi connectivity index (χ3v) is 4.60. The van der Waals surface area contributed by atoms with Crippen molar-refractivity contribution < 1.29 is 0 Å². The van der Waals surface area contributed by atoms with E-state index in [1.54, 1.807) is 0 Å². The van der Waals surface area contributed by atoms with Gasteiger partial charge in [0, 0.05) is 18.3 Å². The molecule has 1 heterocycles. The molecule has 104 valence electrons. The molecule has 0 spiro atoms. The summed E-state index contributed by atoms with van der Waals surface area (Å²) >= 11 is 0. The van der Waals surface area contributed by atoms with Crippen molar-refractivity contribution in [3.05, 3.63) is 29.8 Å². The maximum atomic E-state index is 3.72. The second-order valence-corrected chi connectivity index (χ2v) is 6.44. The molecule has 1 N–H and O–H groups in total. The molecule has 0 aromatic heterocycles. The third kappa shape index (κ3) is 3.50. The van der Waals surface area contributed by atoms with Gasteiger partial charge in [-0.05, 0) is 68.8 Å². The van der Waals surface area contributed by atoms with Crippen LogP contribution in [0.2, 0.25) is 0 Å². The number of rotatable bonds is 4. The van der Waals surface area contributed by atoms with E-state index in [-0.39, 0.29) is 0 Å². The summed E-state index contributed by atoms with van der Waals surface area (Å²) in [6.07, 6.45) is 6.79. The third-order valence-electron chi connectivity index (χ3n) is 4.60. The normalized spacial score (nSPS) is 27.8. The summed E-state index contributed by atoms with van der Waals surface area (Å²) in [5.74, 6) is 0.894. The molecule has 0 bridgehead atoms. The van der Waals surface area contributed by atoms with E-state index in [0.717, 1.165) is 12.5 Å². The van der Waals surface area contributed by atoms with E-state index in [4.69, 9.17) is 0 Å². The van der Waals surface area contributed by atoms with Crippen LogP contribution in [0.15, 0.2) is 24.3 Å². The number of anilines is 1. The number of nitrogens with one attached hydrogen (secondary N) is 1. The Morgan fingerprint density at radius 3 is 2.79 bits per heavy atom. The van der Waals surface area contributed by atoms with Gasteiger partial charge in [-0.3, -0.25) is 4.90 Å². The quantitative estimate of drug-likeness (QED) is 0.881. The fourth-order valence-electron chi connectivity index (χ4n) is 3.53. The van der Waals surface area contributed by atoms with Gasteiger partial charge >= 0.3 is 0 Å². The first-order chi connectivity index (χ1) is 9.29. The van der Waals surface area contributed by atoms with E-state index in [0.29, 0.717) is 6.04 Å². The first kappa shape index (κ1) is 13.0. The Balaban J connectivity index is 1.59. The van der Waals surface area contributed by atoms with Gasteiger partial charge in [0.25, 0.3) is 0 Å². The Morgan fingerprint density at radius 2 is 2.05 bits per heavy atom. The lowest BCUT2D eigenvalue weighted by atomic mass is 10.1. The van der Waals surface area contributed by atoms with Crippen molar-refractivity contribution in [1.29, 1.82) is 0 Å². The zero-order valence-corrected chi connectivity index (χ0v) is 12.1. The van der Waals surface area contributed by atoms with Crippen LogP contribution in [0.25, 0.3) is 0 Å². The Bertz CT molecular complexity index is 409. The highest BCUT2D eigenvalue weighted by Gasteiger charge is 2.21. The summed E-state index contributed by atoms with van der Waals surface area (Å²) in [5.41, 5.74) is 2.77. The zero-order chi connectivity index (χ0) is 13.1. The molecule has 2 fully saturated rings. The minimum absolute atomic E-state index is 0.692. The number of likely N-dealkylation sites (tertiary alicyclic amines) is 1. The van der Waals surface area contributed by atoms with Gasteiger partial charge in [0.15, 0.2) is 0 Å². The SMILES string of the molecule is CC1CCC(Nc2cccc(CN3CCCC3)c2)C1. The van der Waals surface area contributed by atoms with Crippen LogP contribution in [0.4, 0.5) is 5.69 Å². The lowest BCUT2D eigenvalue weighted by molar-refractivity contribution is 0.331. The van der Waals surface area contributed by atoms with Crippen molar-refractivity contribution >= 4 is 5.69 Å². The Hall–Kier alpha value is -1.02. The molecule has 2 nitrogen and oxygen atoms in total. The summed E-state index contributed by atoms with van der Waals surface area (Å²) in [7, 11) is 0. The highest BCUT2D eigenvalue weighted by atomic mass is 15.1. The van der Waals surface area contributed by atoms with Crippen LogP contribution in [0.5, 0.6) is 0 Å². The summed E-state index contributed by atoms with van der Waals surface area (Å²) in [4.78, 5) is 2.57. The minimum atomic E-state index is 0.692. The molecule has 1 saturated carbocycles. The van der Waals surface area contributed by atoms with Gasteiger partial charge in [-0.2, -0.15) is 0 Å². The molecule has 3 rings (SSSR count). The first-order valence-corrected chi connectivity index (χ1v) is 7.87. The van der Waals surface area contributed by atoms with Crippen LogP contribution in [-0.4, -0.2) is 24.0 Å². The second kappa shape index (κ2) is 5.96. The van der Waals surface area contributed by atoms with Gasteiger partial charge in [0.05, 0.1) is 0 Å². The van der Waals surface area contributed by atoms with Crippen molar-refractivity contribution in [2.75, 3.05) is 18.4 Å². The van der Waals surface area contributed by atoms with Crippen molar-refractivity contribution in [1.82, 2.24) is 4.90 Å². The molecule has 2 unspecified atom stereocenters. The fourth-order valence-corrected chi connectivity index (χ4v) is 3.53. The lowest BCUT2D eigenvalue weighted by Crippen LogP contribution is -2.19. The molecular formula is C17H26N2. The van der Waals surface area contributed by atoms with Gasteiger partial charge in [0.1, 0.15) is 0 Å². The zero-order valence-electron chi connectivity index (χ0n) is 12.1. The Morgan fingerprint density at radius 1 is 1.21 bits per heavy atom. The Kier molecular flexibility index (Phi) is 4.07. The monoisotopic (exact) mass is 258 g/mol. The molecule has 1 aromatic carbocycles. The van der Waals surface area contributed by atoms with E-state index in [2.05, 4.69) is 41.4 Å². The van der Waals surface area contributed by atoms with Gasteiger partial charge in [-0.15, -0.1) is 0 Å². The van der Waals surface area contributed by atoms with Crippen molar-refractivity contribution in [2.45, 2.75) is 51.6 Å². The van der Waals surface area contributed by atoms with Crippen molar-refractivity contribution in [3.8, 4) is 0 Å². The van der Waals surface area contributed by atoms with Gasteiger partial charge in [-0.25, -0.2) is 0 Å². The molecule has 2 atom stereocenters. The average molecular weight is 258 g/mol. The van der Waals surface area contributed by atoms with Gasteiger partial charge < -0.3 is 5.32 Å². The lowest BCUT2D eigenvalue weighted by Gasteiger charge is -2.17. The van der Waals surface area contributed by atoms with E-state index in [1.807, 2.05) is 0 Å². The predicted molar refractivity (Wildman–Crippen MR) is 81.4 cm³/mol. The molecule has 1 saturated heterocycles. The fraction of sp³-hybridized carbons (Fsp3) is 0.647.